The number of carboxylic acid groups (broad SMARTS) is 1. The Balaban J connectivity index is 1.98. The second-order valence-corrected chi connectivity index (χ2v) is 5.65. The maximum absolute atomic E-state index is 12.3. The maximum Gasteiger partial charge on any atom is 0.326 e. The van der Waals surface area contributed by atoms with Gasteiger partial charge in [-0.05, 0) is 18.6 Å². The summed E-state index contributed by atoms with van der Waals surface area (Å²) in [6, 6.07) is 7.74. The van der Waals surface area contributed by atoms with Crippen molar-refractivity contribution < 1.29 is 24.3 Å². The lowest BCUT2D eigenvalue weighted by atomic mass is 10.1. The highest BCUT2D eigenvalue weighted by molar-refractivity contribution is 6.00. The van der Waals surface area contributed by atoms with E-state index in [0.29, 0.717) is 5.69 Å². The molecule has 1 aromatic carbocycles. The quantitative estimate of drug-likeness (QED) is 0.640. The highest BCUT2D eigenvalue weighted by Gasteiger charge is 2.36. The van der Waals surface area contributed by atoms with Gasteiger partial charge in [-0.15, -0.1) is 0 Å². The molecule has 4 N–H and O–H groups in total. The normalized spacial score (nSPS) is 18.2. The number of carbonyl (C=O) groups is 4. The van der Waals surface area contributed by atoms with Gasteiger partial charge in [-0.1, -0.05) is 18.2 Å². The first-order chi connectivity index (χ1) is 11.4. The van der Waals surface area contributed by atoms with Crippen LogP contribution in [0.4, 0.5) is 5.69 Å². The molecule has 8 heteroatoms. The molecule has 2 rings (SSSR count). The zero-order valence-electron chi connectivity index (χ0n) is 13.0. The van der Waals surface area contributed by atoms with Gasteiger partial charge in [0, 0.05) is 25.1 Å². The van der Waals surface area contributed by atoms with Gasteiger partial charge >= 0.3 is 5.97 Å². The fourth-order valence-corrected chi connectivity index (χ4v) is 2.57. The van der Waals surface area contributed by atoms with E-state index >= 15 is 0 Å². The first kappa shape index (κ1) is 17.5. The predicted molar refractivity (Wildman–Crippen MR) is 84.9 cm³/mol. The van der Waals surface area contributed by atoms with E-state index < -0.39 is 29.7 Å². The summed E-state index contributed by atoms with van der Waals surface area (Å²) in [6.45, 7) is 0.191. The Morgan fingerprint density at radius 1 is 1.29 bits per heavy atom. The van der Waals surface area contributed by atoms with Crippen LogP contribution in [0.15, 0.2) is 30.3 Å². The van der Waals surface area contributed by atoms with Gasteiger partial charge < -0.3 is 21.1 Å². The summed E-state index contributed by atoms with van der Waals surface area (Å²) in [7, 11) is 0. The molecular formula is C16H19N3O5. The van der Waals surface area contributed by atoms with Crippen molar-refractivity contribution in [2.45, 2.75) is 25.3 Å². The maximum atomic E-state index is 12.3. The molecule has 1 aliphatic rings. The van der Waals surface area contributed by atoms with Gasteiger partial charge in [0.25, 0.3) is 0 Å². The molecule has 0 unspecified atom stereocenters. The minimum Gasteiger partial charge on any atom is -0.480 e. The van der Waals surface area contributed by atoms with Crippen molar-refractivity contribution in [3.05, 3.63) is 30.3 Å². The van der Waals surface area contributed by atoms with Crippen LogP contribution in [0.1, 0.15) is 19.3 Å². The van der Waals surface area contributed by atoms with Gasteiger partial charge in [0.2, 0.25) is 17.7 Å². The summed E-state index contributed by atoms with van der Waals surface area (Å²) in [4.78, 5) is 47.8. The minimum absolute atomic E-state index is 0.0168. The number of nitrogens with two attached hydrogens (primary N) is 1. The van der Waals surface area contributed by atoms with Crippen molar-refractivity contribution in [3.8, 4) is 0 Å². The molecule has 1 aromatic rings. The van der Waals surface area contributed by atoms with E-state index in [1.54, 1.807) is 24.3 Å². The molecule has 0 aliphatic carbocycles. The van der Waals surface area contributed by atoms with Crippen LogP contribution in [0.2, 0.25) is 0 Å². The van der Waals surface area contributed by atoms with Crippen molar-refractivity contribution in [1.29, 1.82) is 0 Å². The van der Waals surface area contributed by atoms with E-state index in [2.05, 4.69) is 5.32 Å². The van der Waals surface area contributed by atoms with Crippen LogP contribution in [0, 0.1) is 5.92 Å². The van der Waals surface area contributed by atoms with Gasteiger partial charge in [-0.2, -0.15) is 0 Å². The second-order valence-electron chi connectivity index (χ2n) is 5.65. The predicted octanol–water partition coefficient (Wildman–Crippen LogP) is -0.126. The Labute approximate surface area is 138 Å². The number of aliphatic carboxylic acids is 1. The summed E-state index contributed by atoms with van der Waals surface area (Å²) in [5.41, 5.74) is 5.69. The van der Waals surface area contributed by atoms with Crippen LogP contribution in [0.25, 0.3) is 0 Å². The highest BCUT2D eigenvalue weighted by atomic mass is 16.4. The van der Waals surface area contributed by atoms with Crippen LogP contribution in [-0.4, -0.2) is 41.4 Å². The third kappa shape index (κ3) is 4.31. The number of benzene rings is 1. The molecule has 24 heavy (non-hydrogen) atoms. The fourth-order valence-electron chi connectivity index (χ4n) is 2.57. The van der Waals surface area contributed by atoms with E-state index in [-0.39, 0.29) is 31.7 Å². The molecule has 128 valence electrons. The summed E-state index contributed by atoms with van der Waals surface area (Å²) in [6.07, 6.45) is -0.209. The summed E-state index contributed by atoms with van der Waals surface area (Å²) >= 11 is 0. The molecule has 0 saturated carbocycles. The number of primary amides is 1. The largest absolute Gasteiger partial charge is 0.480 e. The minimum atomic E-state index is -1.24. The summed E-state index contributed by atoms with van der Waals surface area (Å²) in [5.74, 6) is -3.22. The Bertz CT molecular complexity index is 646. The molecule has 3 amide bonds. The molecule has 0 aromatic heterocycles. The monoisotopic (exact) mass is 333 g/mol. The molecule has 1 fully saturated rings. The van der Waals surface area contributed by atoms with E-state index in [9.17, 15) is 19.2 Å². The van der Waals surface area contributed by atoms with Crippen molar-refractivity contribution in [2.24, 2.45) is 11.7 Å². The molecule has 2 atom stereocenters. The van der Waals surface area contributed by atoms with Crippen LogP contribution in [0.3, 0.4) is 0 Å². The molecule has 0 radical (unpaired) electrons. The second kappa shape index (κ2) is 7.58. The molecule has 8 nitrogen and oxygen atoms in total. The fraction of sp³-hybridized carbons (Fsp3) is 0.375. The van der Waals surface area contributed by atoms with Gasteiger partial charge in [-0.25, -0.2) is 4.79 Å². The molecule has 1 saturated heterocycles. The smallest absolute Gasteiger partial charge is 0.326 e. The molecule has 1 heterocycles. The van der Waals surface area contributed by atoms with Gasteiger partial charge in [0.05, 0.1) is 5.92 Å². The number of carbonyl (C=O) groups excluding carboxylic acids is 3. The van der Waals surface area contributed by atoms with E-state index in [1.165, 1.54) is 4.90 Å². The van der Waals surface area contributed by atoms with Gasteiger partial charge in [0.15, 0.2) is 0 Å². The summed E-state index contributed by atoms with van der Waals surface area (Å²) in [5, 5.41) is 11.5. The zero-order valence-corrected chi connectivity index (χ0v) is 13.0. The van der Waals surface area contributed by atoms with Crippen LogP contribution >= 0.6 is 0 Å². The lowest BCUT2D eigenvalue weighted by Crippen LogP contribution is -2.44. The van der Waals surface area contributed by atoms with Crippen LogP contribution in [0.5, 0.6) is 0 Å². The lowest BCUT2D eigenvalue weighted by Gasteiger charge is -2.18. The zero-order chi connectivity index (χ0) is 17.7. The molecule has 0 bridgehead atoms. The van der Waals surface area contributed by atoms with Gasteiger partial charge in [-0.3, -0.25) is 14.4 Å². The van der Waals surface area contributed by atoms with E-state index in [0.717, 1.165) is 0 Å². The Kier molecular flexibility index (Phi) is 5.51. The van der Waals surface area contributed by atoms with Crippen molar-refractivity contribution >= 4 is 29.4 Å². The number of hydrogen-bond acceptors (Lipinski definition) is 4. The number of carboxylic acids is 1. The third-order valence-electron chi connectivity index (χ3n) is 3.86. The van der Waals surface area contributed by atoms with Gasteiger partial charge in [0.1, 0.15) is 6.04 Å². The average molecular weight is 333 g/mol. The lowest BCUT2D eigenvalue weighted by molar-refractivity contribution is -0.142. The van der Waals surface area contributed by atoms with Crippen molar-refractivity contribution in [2.75, 3.05) is 11.4 Å². The van der Waals surface area contributed by atoms with Crippen molar-refractivity contribution in [3.63, 3.8) is 0 Å². The molecule has 0 spiro atoms. The van der Waals surface area contributed by atoms with E-state index in [1.807, 2.05) is 6.07 Å². The number of rotatable bonds is 7. The van der Waals surface area contributed by atoms with Crippen LogP contribution in [-0.2, 0) is 19.2 Å². The van der Waals surface area contributed by atoms with Crippen molar-refractivity contribution in [1.82, 2.24) is 5.32 Å². The Morgan fingerprint density at radius 3 is 2.54 bits per heavy atom. The summed E-state index contributed by atoms with van der Waals surface area (Å²) < 4.78 is 0. The first-order valence-corrected chi connectivity index (χ1v) is 7.55. The number of para-hydroxylation sites is 1. The molecular weight excluding hydrogens is 314 g/mol. The first-order valence-electron chi connectivity index (χ1n) is 7.55. The number of nitrogens with zero attached hydrogens (tertiary/aromatic N) is 1. The third-order valence-corrected chi connectivity index (χ3v) is 3.86. The molecule has 1 aliphatic heterocycles. The average Bonchev–Trinajstić information content (AvgIpc) is 2.93. The Hall–Kier alpha value is -2.90. The highest BCUT2D eigenvalue weighted by Crippen LogP contribution is 2.25. The van der Waals surface area contributed by atoms with E-state index in [4.69, 9.17) is 10.8 Å². The topological polar surface area (TPSA) is 130 Å². The number of amides is 3. The van der Waals surface area contributed by atoms with Crippen LogP contribution < -0.4 is 16.0 Å². The number of anilines is 1. The number of nitrogens with one attached hydrogen (secondary N) is 1. The Morgan fingerprint density at radius 2 is 1.96 bits per heavy atom. The SMILES string of the molecule is NC(=O)CC[C@H](NC(=O)[C@@H]1CC(=O)N(c2ccccc2)C1)C(=O)O. The standard InChI is InChI=1S/C16H19N3O5/c17-13(20)7-6-12(16(23)24)18-15(22)10-8-14(21)19(9-10)11-4-2-1-3-5-11/h1-5,10,12H,6-9H2,(H2,17,20)(H,18,22)(H,23,24)/t10-,12+/m1/s1. The number of hydrogen-bond donors (Lipinski definition) is 3.